The zero-order valence-corrected chi connectivity index (χ0v) is 8.05. The van der Waals surface area contributed by atoms with Gasteiger partial charge in [0.15, 0.2) is 0 Å². The van der Waals surface area contributed by atoms with E-state index in [4.69, 9.17) is 0 Å². The van der Waals surface area contributed by atoms with Crippen LogP contribution in [0.4, 0.5) is 4.39 Å². The van der Waals surface area contributed by atoms with Gasteiger partial charge in [-0.1, -0.05) is 28.1 Å². The molecule has 0 aliphatic rings. The van der Waals surface area contributed by atoms with E-state index >= 15 is 0 Å². The zero-order chi connectivity index (χ0) is 9.84. The Bertz CT molecular complexity index is 361. The highest BCUT2D eigenvalue weighted by Crippen LogP contribution is 2.18. The quantitative estimate of drug-likeness (QED) is 0.736. The number of aliphatic carboxylic acids is 1. The Morgan fingerprint density at radius 1 is 1.54 bits per heavy atom. The number of carboxylic acid groups (broad SMARTS) is 1. The molecule has 2 nitrogen and oxygen atoms in total. The van der Waals surface area contributed by atoms with Gasteiger partial charge in [0.25, 0.3) is 0 Å². The third-order valence-corrected chi connectivity index (χ3v) is 2.05. The summed E-state index contributed by atoms with van der Waals surface area (Å²) < 4.78 is 13.1. The summed E-state index contributed by atoms with van der Waals surface area (Å²) in [4.78, 5) is 10.1. The lowest BCUT2D eigenvalue weighted by molar-refractivity contribution is -0.297. The van der Waals surface area contributed by atoms with Gasteiger partial charge in [-0.05, 0) is 23.8 Å². The lowest BCUT2D eigenvalue weighted by Crippen LogP contribution is -2.18. The van der Waals surface area contributed by atoms with Gasteiger partial charge in [0.2, 0.25) is 0 Å². The Labute approximate surface area is 82.8 Å². The molecular formula is C9H5BrFO2-. The summed E-state index contributed by atoms with van der Waals surface area (Å²) in [5.41, 5.74) is 0.589. The Morgan fingerprint density at radius 3 is 2.77 bits per heavy atom. The summed E-state index contributed by atoms with van der Waals surface area (Å²) in [6.07, 6.45) is 2.22. The fraction of sp³-hybridized carbons (Fsp3) is 0. The Morgan fingerprint density at radius 2 is 2.23 bits per heavy atom. The van der Waals surface area contributed by atoms with Crippen LogP contribution in [0.5, 0.6) is 0 Å². The highest BCUT2D eigenvalue weighted by Gasteiger charge is 1.96. The predicted molar refractivity (Wildman–Crippen MR) is 48.1 cm³/mol. The first-order chi connectivity index (χ1) is 6.09. The first kappa shape index (κ1) is 9.92. The number of rotatable bonds is 2. The second kappa shape index (κ2) is 4.18. The largest absolute Gasteiger partial charge is 0.545 e. The van der Waals surface area contributed by atoms with Crippen LogP contribution in [-0.4, -0.2) is 5.97 Å². The molecule has 0 saturated heterocycles. The van der Waals surface area contributed by atoms with Crippen molar-refractivity contribution in [2.24, 2.45) is 0 Å². The molecule has 0 atom stereocenters. The average Bonchev–Trinajstić information content (AvgIpc) is 2.02. The van der Waals surface area contributed by atoms with Crippen molar-refractivity contribution in [2.75, 3.05) is 0 Å². The minimum absolute atomic E-state index is 0.377. The number of benzene rings is 1. The lowest BCUT2D eigenvalue weighted by atomic mass is 10.2. The van der Waals surface area contributed by atoms with E-state index in [2.05, 4.69) is 15.9 Å². The van der Waals surface area contributed by atoms with Crippen LogP contribution in [-0.2, 0) is 4.79 Å². The summed E-state index contributed by atoms with van der Waals surface area (Å²) in [7, 11) is 0. The normalized spacial score (nSPS) is 10.6. The number of hydrogen-bond donors (Lipinski definition) is 0. The van der Waals surface area contributed by atoms with E-state index in [1.807, 2.05) is 0 Å². The molecular weight excluding hydrogens is 239 g/mol. The summed E-state index contributed by atoms with van der Waals surface area (Å²) in [5.74, 6) is -1.66. The van der Waals surface area contributed by atoms with Gasteiger partial charge in [0, 0.05) is 4.47 Å². The lowest BCUT2D eigenvalue weighted by Gasteiger charge is -1.98. The fourth-order valence-corrected chi connectivity index (χ4v) is 1.28. The van der Waals surface area contributed by atoms with Crippen LogP contribution in [0.2, 0.25) is 0 Å². The standard InChI is InChI=1S/C9H6BrFO2/c10-8-5-7(11)3-1-6(8)2-4-9(12)13/h1-5H,(H,12,13)/p-1/b4-2+. The fourth-order valence-electron chi connectivity index (χ4n) is 0.794. The third-order valence-electron chi connectivity index (χ3n) is 1.36. The highest BCUT2D eigenvalue weighted by atomic mass is 79.9. The molecule has 0 aromatic heterocycles. The van der Waals surface area contributed by atoms with E-state index in [1.165, 1.54) is 24.3 Å². The van der Waals surface area contributed by atoms with Crippen LogP contribution in [0.3, 0.4) is 0 Å². The maximum atomic E-state index is 12.6. The van der Waals surface area contributed by atoms with Crippen molar-refractivity contribution in [2.45, 2.75) is 0 Å². The van der Waals surface area contributed by atoms with Crippen LogP contribution in [0.15, 0.2) is 28.7 Å². The van der Waals surface area contributed by atoms with Gasteiger partial charge < -0.3 is 9.90 Å². The molecule has 4 heteroatoms. The van der Waals surface area contributed by atoms with Gasteiger partial charge in [-0.15, -0.1) is 0 Å². The van der Waals surface area contributed by atoms with E-state index < -0.39 is 5.97 Å². The molecule has 0 radical (unpaired) electrons. The minimum atomic E-state index is -1.28. The van der Waals surface area contributed by atoms with Gasteiger partial charge >= 0.3 is 0 Å². The molecule has 0 unspecified atom stereocenters. The van der Waals surface area contributed by atoms with Gasteiger partial charge in [-0.25, -0.2) is 4.39 Å². The first-order valence-corrected chi connectivity index (χ1v) is 4.23. The molecule has 0 spiro atoms. The van der Waals surface area contributed by atoms with Crippen LogP contribution < -0.4 is 5.11 Å². The maximum absolute atomic E-state index is 12.6. The SMILES string of the molecule is O=C([O-])/C=C/c1ccc(F)cc1Br. The maximum Gasteiger partial charge on any atom is 0.124 e. The van der Waals surface area contributed by atoms with Crippen LogP contribution in [0.1, 0.15) is 5.56 Å². The average molecular weight is 244 g/mol. The number of hydrogen-bond acceptors (Lipinski definition) is 2. The van der Waals surface area contributed by atoms with E-state index in [0.29, 0.717) is 10.0 Å². The number of carbonyl (C=O) groups is 1. The Hall–Kier alpha value is -1.16. The van der Waals surface area contributed by atoms with Crippen LogP contribution in [0.25, 0.3) is 6.08 Å². The van der Waals surface area contributed by atoms with E-state index in [-0.39, 0.29) is 5.82 Å². The van der Waals surface area contributed by atoms with Gasteiger partial charge in [0.05, 0.1) is 5.97 Å². The molecule has 0 bridgehead atoms. The molecule has 1 aromatic rings. The monoisotopic (exact) mass is 243 g/mol. The zero-order valence-electron chi connectivity index (χ0n) is 6.46. The van der Waals surface area contributed by atoms with Crippen LogP contribution in [0, 0.1) is 5.82 Å². The van der Waals surface area contributed by atoms with Crippen molar-refractivity contribution in [3.63, 3.8) is 0 Å². The Kier molecular flexibility index (Phi) is 3.19. The van der Waals surface area contributed by atoms with Crippen molar-refractivity contribution in [3.05, 3.63) is 40.1 Å². The van der Waals surface area contributed by atoms with Gasteiger partial charge in [0.1, 0.15) is 5.82 Å². The molecule has 0 aliphatic heterocycles. The number of halogens is 2. The van der Waals surface area contributed by atoms with Gasteiger partial charge in [-0.2, -0.15) is 0 Å². The van der Waals surface area contributed by atoms with E-state index in [1.54, 1.807) is 0 Å². The smallest absolute Gasteiger partial charge is 0.124 e. The second-order valence-corrected chi connectivity index (χ2v) is 3.17. The molecule has 0 N–H and O–H groups in total. The topological polar surface area (TPSA) is 40.1 Å². The third kappa shape index (κ3) is 2.99. The molecule has 0 saturated carbocycles. The summed E-state index contributed by atoms with van der Waals surface area (Å²) in [5, 5.41) is 10.1. The summed E-state index contributed by atoms with van der Waals surface area (Å²) in [6.45, 7) is 0. The molecule has 0 heterocycles. The highest BCUT2D eigenvalue weighted by molar-refractivity contribution is 9.10. The molecule has 1 rings (SSSR count). The first-order valence-electron chi connectivity index (χ1n) is 3.43. The van der Waals surface area contributed by atoms with Crippen molar-refractivity contribution in [1.82, 2.24) is 0 Å². The van der Waals surface area contributed by atoms with Crippen LogP contribution >= 0.6 is 15.9 Å². The molecule has 1 aromatic carbocycles. The summed E-state index contributed by atoms with van der Waals surface area (Å²) >= 11 is 3.09. The molecule has 68 valence electrons. The number of carboxylic acids is 1. The second-order valence-electron chi connectivity index (χ2n) is 2.32. The van der Waals surface area contributed by atoms with Crippen molar-refractivity contribution in [1.29, 1.82) is 0 Å². The minimum Gasteiger partial charge on any atom is -0.545 e. The van der Waals surface area contributed by atoms with Gasteiger partial charge in [-0.3, -0.25) is 0 Å². The molecule has 0 amide bonds. The molecule has 0 aliphatic carbocycles. The molecule has 13 heavy (non-hydrogen) atoms. The van der Waals surface area contributed by atoms with E-state index in [0.717, 1.165) is 6.08 Å². The number of carbonyl (C=O) groups excluding carboxylic acids is 1. The molecule has 0 fully saturated rings. The van der Waals surface area contributed by atoms with E-state index in [9.17, 15) is 14.3 Å². The summed E-state index contributed by atoms with van der Waals surface area (Å²) in [6, 6.07) is 3.98. The Balaban J connectivity index is 2.96. The van der Waals surface area contributed by atoms with Crippen molar-refractivity contribution >= 4 is 28.0 Å². The predicted octanol–water partition coefficient (Wildman–Crippen LogP) is 1.35. The van der Waals surface area contributed by atoms with Crippen molar-refractivity contribution in [3.8, 4) is 0 Å². The van der Waals surface area contributed by atoms with Crippen molar-refractivity contribution < 1.29 is 14.3 Å².